The van der Waals surface area contributed by atoms with E-state index in [4.69, 9.17) is 8.92 Å². The zero-order chi connectivity index (χ0) is 14.9. The van der Waals surface area contributed by atoms with Crippen LogP contribution in [0.4, 0.5) is 5.69 Å². The number of hydrogen-bond acceptors (Lipinski definition) is 5. The zero-order valence-electron chi connectivity index (χ0n) is 12.2. The molecule has 0 amide bonds. The van der Waals surface area contributed by atoms with Crippen molar-refractivity contribution >= 4 is 15.8 Å². The molecule has 1 saturated carbocycles. The number of ether oxygens (including phenoxy) is 1. The molecule has 3 rings (SSSR count). The van der Waals surface area contributed by atoms with E-state index in [-0.39, 0.29) is 6.10 Å². The molecule has 21 heavy (non-hydrogen) atoms. The first-order valence-corrected chi connectivity index (χ1v) is 9.17. The Hall–Kier alpha value is -1.27. The maximum absolute atomic E-state index is 11.1. The van der Waals surface area contributed by atoms with Gasteiger partial charge in [-0.2, -0.15) is 8.42 Å². The molecule has 1 heterocycles. The van der Waals surface area contributed by atoms with Crippen LogP contribution in [0, 0.1) is 5.92 Å². The van der Waals surface area contributed by atoms with Crippen molar-refractivity contribution in [2.45, 2.75) is 25.4 Å². The average Bonchev–Trinajstić information content (AvgIpc) is 3.15. The number of benzene rings is 1. The van der Waals surface area contributed by atoms with E-state index >= 15 is 0 Å². The summed E-state index contributed by atoms with van der Waals surface area (Å²) in [5.74, 6) is 1.64. The smallest absolute Gasteiger partial charge is 0.264 e. The van der Waals surface area contributed by atoms with Gasteiger partial charge in [0.05, 0.1) is 19.0 Å². The summed E-state index contributed by atoms with van der Waals surface area (Å²) in [6, 6.07) is 7.99. The topological polar surface area (TPSA) is 55.8 Å². The molecule has 1 aromatic rings. The van der Waals surface area contributed by atoms with E-state index in [1.54, 1.807) is 0 Å². The first-order valence-electron chi connectivity index (χ1n) is 7.36. The minimum absolute atomic E-state index is 0.245. The van der Waals surface area contributed by atoms with Crippen molar-refractivity contribution in [3.63, 3.8) is 0 Å². The van der Waals surface area contributed by atoms with Crippen molar-refractivity contribution in [3.05, 3.63) is 24.3 Å². The average molecular weight is 311 g/mol. The highest BCUT2D eigenvalue weighted by molar-refractivity contribution is 7.86. The van der Waals surface area contributed by atoms with Crippen LogP contribution >= 0.6 is 0 Å². The second kappa shape index (κ2) is 5.85. The van der Waals surface area contributed by atoms with Gasteiger partial charge in [-0.1, -0.05) is 0 Å². The SMILES string of the molecule is CS(=O)(=O)O[C@H]1CCN(c2ccc(OCC3CC3)cc2)C1. The molecule has 0 aromatic heterocycles. The summed E-state index contributed by atoms with van der Waals surface area (Å²) in [6.07, 6.45) is 4.15. The third kappa shape index (κ3) is 4.35. The van der Waals surface area contributed by atoms with Crippen LogP contribution in [0.2, 0.25) is 0 Å². The van der Waals surface area contributed by atoms with Crippen molar-refractivity contribution in [1.29, 1.82) is 0 Å². The van der Waals surface area contributed by atoms with Crippen molar-refractivity contribution in [1.82, 2.24) is 0 Å². The Morgan fingerprint density at radius 3 is 2.52 bits per heavy atom. The Morgan fingerprint density at radius 1 is 1.19 bits per heavy atom. The molecule has 5 nitrogen and oxygen atoms in total. The molecule has 1 aromatic carbocycles. The summed E-state index contributed by atoms with van der Waals surface area (Å²) in [5, 5.41) is 0. The minimum Gasteiger partial charge on any atom is -0.493 e. The molecular formula is C15H21NO4S. The van der Waals surface area contributed by atoms with E-state index in [2.05, 4.69) is 4.90 Å². The first-order chi connectivity index (χ1) is 9.99. The standard InChI is InChI=1S/C15H21NO4S/c1-21(17,18)20-15-8-9-16(10-15)13-4-6-14(7-5-13)19-11-12-2-3-12/h4-7,12,15H,2-3,8-11H2,1H3/t15-/m0/s1. The quantitative estimate of drug-likeness (QED) is 0.752. The van der Waals surface area contributed by atoms with Gasteiger partial charge in [0.25, 0.3) is 10.1 Å². The normalized spacial score (nSPS) is 22.5. The van der Waals surface area contributed by atoms with Gasteiger partial charge in [0.2, 0.25) is 0 Å². The van der Waals surface area contributed by atoms with E-state index in [9.17, 15) is 8.42 Å². The van der Waals surface area contributed by atoms with E-state index < -0.39 is 10.1 Å². The molecule has 116 valence electrons. The third-order valence-electron chi connectivity index (χ3n) is 3.84. The number of anilines is 1. The lowest BCUT2D eigenvalue weighted by Crippen LogP contribution is -2.24. The molecule has 1 atom stereocenters. The molecule has 0 spiro atoms. The fraction of sp³-hybridized carbons (Fsp3) is 0.600. The first kappa shape index (κ1) is 14.7. The number of rotatable bonds is 6. The molecule has 1 aliphatic heterocycles. The minimum atomic E-state index is -3.38. The lowest BCUT2D eigenvalue weighted by atomic mass is 10.3. The van der Waals surface area contributed by atoms with Gasteiger partial charge in [-0.05, 0) is 49.4 Å². The van der Waals surface area contributed by atoms with Gasteiger partial charge in [-0.25, -0.2) is 0 Å². The lowest BCUT2D eigenvalue weighted by molar-refractivity contribution is 0.234. The summed E-state index contributed by atoms with van der Waals surface area (Å²) in [7, 11) is -3.38. The van der Waals surface area contributed by atoms with Crippen LogP contribution in [0.25, 0.3) is 0 Å². The van der Waals surface area contributed by atoms with Crippen LogP contribution in [-0.2, 0) is 14.3 Å². The van der Waals surface area contributed by atoms with Gasteiger partial charge in [-0.15, -0.1) is 0 Å². The Balaban J connectivity index is 1.54. The molecule has 0 radical (unpaired) electrons. The molecule has 6 heteroatoms. The summed E-state index contributed by atoms with van der Waals surface area (Å²) >= 11 is 0. The highest BCUT2D eigenvalue weighted by atomic mass is 32.2. The fourth-order valence-electron chi connectivity index (χ4n) is 2.54. The van der Waals surface area contributed by atoms with Gasteiger partial charge in [0, 0.05) is 18.8 Å². The summed E-state index contributed by atoms with van der Waals surface area (Å²) in [4.78, 5) is 2.14. The van der Waals surface area contributed by atoms with Gasteiger partial charge in [0.1, 0.15) is 5.75 Å². The van der Waals surface area contributed by atoms with Gasteiger partial charge in [-0.3, -0.25) is 4.18 Å². The second-order valence-corrected chi connectivity index (χ2v) is 7.51. The van der Waals surface area contributed by atoms with Crippen molar-refractivity contribution < 1.29 is 17.3 Å². The number of hydrogen-bond donors (Lipinski definition) is 0. The summed E-state index contributed by atoms with van der Waals surface area (Å²) < 4.78 is 33.1. The second-order valence-electron chi connectivity index (χ2n) is 5.91. The molecule has 0 bridgehead atoms. The van der Waals surface area contributed by atoms with E-state index in [1.807, 2.05) is 24.3 Å². The zero-order valence-corrected chi connectivity index (χ0v) is 13.0. The van der Waals surface area contributed by atoms with E-state index in [1.165, 1.54) is 12.8 Å². The Bertz CT molecular complexity index is 580. The van der Waals surface area contributed by atoms with Crippen LogP contribution in [0.3, 0.4) is 0 Å². The largest absolute Gasteiger partial charge is 0.493 e. The Kier molecular flexibility index (Phi) is 4.08. The van der Waals surface area contributed by atoms with Crippen molar-refractivity contribution in [2.75, 3.05) is 30.9 Å². The third-order valence-corrected chi connectivity index (χ3v) is 4.46. The molecule has 1 aliphatic carbocycles. The molecule has 0 unspecified atom stereocenters. The van der Waals surface area contributed by atoms with E-state index in [0.717, 1.165) is 43.2 Å². The highest BCUT2D eigenvalue weighted by Gasteiger charge is 2.26. The molecule has 1 saturated heterocycles. The van der Waals surface area contributed by atoms with Crippen LogP contribution < -0.4 is 9.64 Å². The van der Waals surface area contributed by atoms with Crippen LogP contribution in [0.15, 0.2) is 24.3 Å². The van der Waals surface area contributed by atoms with Crippen molar-refractivity contribution in [3.8, 4) is 5.75 Å². The van der Waals surface area contributed by atoms with Gasteiger partial charge < -0.3 is 9.64 Å². The monoisotopic (exact) mass is 311 g/mol. The molecular weight excluding hydrogens is 290 g/mol. The maximum Gasteiger partial charge on any atom is 0.264 e. The van der Waals surface area contributed by atoms with Crippen LogP contribution in [0.1, 0.15) is 19.3 Å². The Labute approximate surface area is 126 Å². The molecule has 2 aliphatic rings. The highest BCUT2D eigenvalue weighted by Crippen LogP contribution is 2.30. The van der Waals surface area contributed by atoms with Gasteiger partial charge >= 0.3 is 0 Å². The maximum atomic E-state index is 11.1. The fourth-order valence-corrected chi connectivity index (χ4v) is 3.19. The molecule has 2 fully saturated rings. The summed E-state index contributed by atoms with van der Waals surface area (Å²) in [5.41, 5.74) is 1.08. The van der Waals surface area contributed by atoms with Crippen molar-refractivity contribution in [2.24, 2.45) is 5.92 Å². The lowest BCUT2D eigenvalue weighted by Gasteiger charge is -2.18. The predicted molar refractivity (Wildman–Crippen MR) is 81.2 cm³/mol. The number of nitrogens with zero attached hydrogens (tertiary/aromatic N) is 1. The predicted octanol–water partition coefficient (Wildman–Crippen LogP) is 2.03. The summed E-state index contributed by atoms with van der Waals surface area (Å²) in [6.45, 7) is 2.23. The van der Waals surface area contributed by atoms with E-state index in [0.29, 0.717) is 6.54 Å². The van der Waals surface area contributed by atoms with Crippen LogP contribution in [0.5, 0.6) is 5.75 Å². The Morgan fingerprint density at radius 2 is 1.90 bits per heavy atom. The molecule has 0 N–H and O–H groups in total. The van der Waals surface area contributed by atoms with Gasteiger partial charge in [0.15, 0.2) is 0 Å². The van der Waals surface area contributed by atoms with Crippen LogP contribution in [-0.4, -0.2) is 40.5 Å².